The SMILES string of the molecule is CC(=O)OC[C@@]12CCC[C@H]1[C@@H]1C=CC3=CC(=O)CC[C@]3(C)[C@H]1CC2C(C)=O. The van der Waals surface area contributed by atoms with Crippen LogP contribution in [0.5, 0.6) is 0 Å². The van der Waals surface area contributed by atoms with Gasteiger partial charge in [0.1, 0.15) is 5.78 Å². The van der Waals surface area contributed by atoms with Crippen LogP contribution in [0.1, 0.15) is 59.3 Å². The van der Waals surface area contributed by atoms with Crippen molar-refractivity contribution in [3.63, 3.8) is 0 Å². The maximum atomic E-state index is 12.8. The molecule has 0 aromatic heterocycles. The van der Waals surface area contributed by atoms with Crippen molar-refractivity contribution in [2.45, 2.75) is 59.3 Å². The van der Waals surface area contributed by atoms with Crippen LogP contribution in [0.2, 0.25) is 0 Å². The highest BCUT2D eigenvalue weighted by molar-refractivity contribution is 5.92. The molecule has 4 aliphatic rings. The van der Waals surface area contributed by atoms with Crippen molar-refractivity contribution < 1.29 is 19.1 Å². The summed E-state index contributed by atoms with van der Waals surface area (Å²) in [5.74, 6) is 1.27. The Bertz CT molecular complexity index is 747. The van der Waals surface area contributed by atoms with Gasteiger partial charge in [0.15, 0.2) is 5.78 Å². The molecule has 1 unspecified atom stereocenters. The molecule has 4 rings (SSSR count). The van der Waals surface area contributed by atoms with Crippen LogP contribution in [0.15, 0.2) is 23.8 Å². The van der Waals surface area contributed by atoms with Gasteiger partial charge in [-0.25, -0.2) is 0 Å². The van der Waals surface area contributed by atoms with Crippen molar-refractivity contribution in [1.29, 1.82) is 0 Å². The number of carbonyl (C=O) groups is 3. The van der Waals surface area contributed by atoms with E-state index in [1.165, 1.54) is 6.92 Å². The Morgan fingerprint density at radius 2 is 2.00 bits per heavy atom. The number of rotatable bonds is 3. The van der Waals surface area contributed by atoms with Crippen molar-refractivity contribution in [3.8, 4) is 0 Å². The molecular weight excluding hydrogens is 340 g/mol. The van der Waals surface area contributed by atoms with Crippen LogP contribution >= 0.6 is 0 Å². The smallest absolute Gasteiger partial charge is 0.302 e. The van der Waals surface area contributed by atoms with Crippen LogP contribution in [-0.4, -0.2) is 24.1 Å². The molecule has 0 heterocycles. The summed E-state index contributed by atoms with van der Waals surface area (Å²) in [6.45, 7) is 5.81. The maximum absolute atomic E-state index is 12.8. The molecule has 4 heteroatoms. The molecule has 4 aliphatic carbocycles. The molecule has 0 aromatic carbocycles. The Morgan fingerprint density at radius 3 is 2.70 bits per heavy atom. The molecule has 2 saturated carbocycles. The number of ketones is 2. The van der Waals surface area contributed by atoms with E-state index in [9.17, 15) is 14.4 Å². The number of hydrogen-bond acceptors (Lipinski definition) is 4. The normalized spacial score (nSPS) is 42.6. The zero-order valence-corrected chi connectivity index (χ0v) is 16.6. The van der Waals surface area contributed by atoms with Gasteiger partial charge in [-0.3, -0.25) is 14.4 Å². The highest BCUT2D eigenvalue weighted by atomic mass is 16.5. The number of carbonyl (C=O) groups excluding carboxylic acids is 3. The van der Waals surface area contributed by atoms with E-state index >= 15 is 0 Å². The van der Waals surface area contributed by atoms with Crippen LogP contribution in [0, 0.1) is 34.5 Å². The standard InChI is InChI=1S/C23H30O4/c1-14(24)20-12-21-18(7-6-16-11-17(26)8-10-22(16,21)3)19-5-4-9-23(19,20)13-27-15(2)25/h6-7,11,18-21H,4-5,8-10,12-13H2,1-3H3/t18-,19-,20?,21-,22-,23-/m0/s1. The minimum Gasteiger partial charge on any atom is -0.465 e. The zero-order valence-electron chi connectivity index (χ0n) is 16.6. The van der Waals surface area contributed by atoms with Gasteiger partial charge in [-0.1, -0.05) is 25.5 Å². The van der Waals surface area contributed by atoms with Gasteiger partial charge in [-0.05, 0) is 67.4 Å². The Labute approximate surface area is 161 Å². The number of hydrogen-bond donors (Lipinski definition) is 0. The summed E-state index contributed by atoms with van der Waals surface area (Å²) >= 11 is 0. The molecule has 0 N–H and O–H groups in total. The predicted molar refractivity (Wildman–Crippen MR) is 102 cm³/mol. The molecule has 0 saturated heterocycles. The minimum atomic E-state index is -0.262. The topological polar surface area (TPSA) is 60.4 Å². The highest BCUT2D eigenvalue weighted by Crippen LogP contribution is 2.65. The van der Waals surface area contributed by atoms with Gasteiger partial charge in [0.25, 0.3) is 0 Å². The molecule has 27 heavy (non-hydrogen) atoms. The fraction of sp³-hybridized carbons (Fsp3) is 0.696. The lowest BCUT2D eigenvalue weighted by molar-refractivity contribution is -0.158. The number of Topliss-reactive ketones (excluding diaryl/α,β-unsaturated/α-hetero) is 1. The molecule has 0 amide bonds. The molecule has 4 nitrogen and oxygen atoms in total. The second-order valence-corrected chi connectivity index (χ2v) is 9.44. The van der Waals surface area contributed by atoms with E-state index in [1.54, 1.807) is 6.92 Å². The summed E-state index contributed by atoms with van der Waals surface area (Å²) in [7, 11) is 0. The second-order valence-electron chi connectivity index (χ2n) is 9.44. The van der Waals surface area contributed by atoms with Gasteiger partial charge in [-0.15, -0.1) is 0 Å². The van der Waals surface area contributed by atoms with Gasteiger partial charge < -0.3 is 4.74 Å². The number of fused-ring (bicyclic) bond motifs is 5. The average Bonchev–Trinajstić information content (AvgIpc) is 3.05. The number of ether oxygens (including phenoxy) is 1. The summed E-state index contributed by atoms with van der Waals surface area (Å²) in [5.41, 5.74) is 0.898. The Kier molecular flexibility index (Phi) is 4.44. The molecular formula is C23H30O4. The fourth-order valence-electron chi connectivity index (χ4n) is 6.89. The van der Waals surface area contributed by atoms with Gasteiger partial charge in [0.2, 0.25) is 0 Å². The van der Waals surface area contributed by atoms with E-state index < -0.39 is 0 Å². The number of esters is 1. The third kappa shape index (κ3) is 2.75. The highest BCUT2D eigenvalue weighted by Gasteiger charge is 2.61. The molecule has 146 valence electrons. The quantitative estimate of drug-likeness (QED) is 0.704. The van der Waals surface area contributed by atoms with Gasteiger partial charge in [0.05, 0.1) is 6.61 Å². The minimum absolute atomic E-state index is 0.0305. The lowest BCUT2D eigenvalue weighted by Gasteiger charge is -2.58. The van der Waals surface area contributed by atoms with E-state index in [0.29, 0.717) is 30.8 Å². The molecule has 0 aromatic rings. The monoisotopic (exact) mass is 370 g/mol. The predicted octanol–water partition coefficient (Wildman–Crippen LogP) is 4.04. The number of allylic oxidation sites excluding steroid dienone is 4. The van der Waals surface area contributed by atoms with Crippen LogP contribution in [-0.2, 0) is 19.1 Å². The van der Waals surface area contributed by atoms with Crippen LogP contribution < -0.4 is 0 Å². The van der Waals surface area contributed by atoms with Crippen LogP contribution in [0.3, 0.4) is 0 Å². The average molecular weight is 370 g/mol. The van der Waals surface area contributed by atoms with Crippen LogP contribution in [0.25, 0.3) is 0 Å². The Hall–Kier alpha value is -1.71. The largest absolute Gasteiger partial charge is 0.465 e. The lowest BCUT2D eigenvalue weighted by atomic mass is 9.46. The van der Waals surface area contributed by atoms with Crippen molar-refractivity contribution in [3.05, 3.63) is 23.8 Å². The van der Waals surface area contributed by atoms with E-state index in [0.717, 1.165) is 37.7 Å². The zero-order chi connectivity index (χ0) is 19.4. The first kappa shape index (κ1) is 18.6. The fourth-order valence-corrected chi connectivity index (χ4v) is 6.89. The second kappa shape index (κ2) is 6.42. The first-order valence-corrected chi connectivity index (χ1v) is 10.3. The first-order chi connectivity index (χ1) is 12.8. The van der Waals surface area contributed by atoms with Gasteiger partial charge >= 0.3 is 5.97 Å². The first-order valence-electron chi connectivity index (χ1n) is 10.3. The summed E-state index contributed by atoms with van der Waals surface area (Å²) in [6.07, 6.45) is 11.7. The van der Waals surface area contributed by atoms with Gasteiger partial charge in [0, 0.05) is 24.7 Å². The van der Waals surface area contributed by atoms with Crippen molar-refractivity contribution in [1.82, 2.24) is 0 Å². The summed E-state index contributed by atoms with van der Waals surface area (Å²) in [4.78, 5) is 36.3. The van der Waals surface area contributed by atoms with Crippen molar-refractivity contribution in [2.24, 2.45) is 34.5 Å². The van der Waals surface area contributed by atoms with Crippen LogP contribution in [0.4, 0.5) is 0 Å². The third-order valence-electron chi connectivity index (χ3n) is 8.23. The van der Waals surface area contributed by atoms with E-state index in [1.807, 2.05) is 6.08 Å². The van der Waals surface area contributed by atoms with Gasteiger partial charge in [-0.2, -0.15) is 0 Å². The summed E-state index contributed by atoms with van der Waals surface area (Å²) < 4.78 is 5.52. The summed E-state index contributed by atoms with van der Waals surface area (Å²) in [5, 5.41) is 0. The molecule has 2 fully saturated rings. The Morgan fingerprint density at radius 1 is 1.22 bits per heavy atom. The lowest BCUT2D eigenvalue weighted by Crippen LogP contribution is -2.55. The molecule has 6 atom stereocenters. The van der Waals surface area contributed by atoms with E-state index in [4.69, 9.17) is 4.74 Å². The van der Waals surface area contributed by atoms with E-state index in [-0.39, 0.29) is 34.3 Å². The summed E-state index contributed by atoms with van der Waals surface area (Å²) in [6, 6.07) is 0. The third-order valence-corrected chi connectivity index (χ3v) is 8.23. The molecule has 0 spiro atoms. The molecule has 0 radical (unpaired) electrons. The van der Waals surface area contributed by atoms with E-state index in [2.05, 4.69) is 19.1 Å². The molecule has 0 aliphatic heterocycles. The molecule has 0 bridgehead atoms. The van der Waals surface area contributed by atoms with Crippen molar-refractivity contribution >= 4 is 17.5 Å². The maximum Gasteiger partial charge on any atom is 0.302 e. The van der Waals surface area contributed by atoms with Crippen molar-refractivity contribution in [2.75, 3.05) is 6.61 Å². The Balaban J connectivity index is 1.77.